The molecule has 1 aromatic rings. The molecule has 0 spiro atoms. The lowest BCUT2D eigenvalue weighted by atomic mass is 9.87. The van der Waals surface area contributed by atoms with Gasteiger partial charge in [0.25, 0.3) is 11.6 Å². The first-order valence-electron chi connectivity index (χ1n) is 5.53. The van der Waals surface area contributed by atoms with Gasteiger partial charge < -0.3 is 9.84 Å². The van der Waals surface area contributed by atoms with Crippen molar-refractivity contribution in [2.45, 2.75) is 25.5 Å². The minimum absolute atomic E-state index is 0.0401. The van der Waals surface area contributed by atoms with Gasteiger partial charge in [-0.25, -0.2) is 4.79 Å². The molecule has 0 radical (unpaired) electrons. The van der Waals surface area contributed by atoms with E-state index in [4.69, 9.17) is 4.74 Å². The molecule has 1 N–H and O–H groups in total. The zero-order valence-corrected chi connectivity index (χ0v) is 10.2. The second kappa shape index (κ2) is 5.59. The third kappa shape index (κ3) is 2.48. The molecule has 18 heavy (non-hydrogen) atoms. The first kappa shape index (κ1) is 14.1. The molecular weight excluding hydrogens is 238 g/mol. The maximum Gasteiger partial charge on any atom is 0.350 e. The molecule has 98 valence electrons. The molecule has 1 aromatic carbocycles. The number of ether oxygens (including phenoxy) is 1. The highest BCUT2D eigenvalue weighted by atomic mass is 16.6. The van der Waals surface area contributed by atoms with Gasteiger partial charge in [-0.15, -0.1) is 0 Å². The van der Waals surface area contributed by atoms with E-state index in [1.165, 1.54) is 19.1 Å². The van der Waals surface area contributed by atoms with Crippen molar-refractivity contribution in [2.75, 3.05) is 6.61 Å². The number of nitro groups is 1. The van der Waals surface area contributed by atoms with Crippen LogP contribution in [0.4, 0.5) is 0 Å². The fourth-order valence-electron chi connectivity index (χ4n) is 1.62. The Balaban J connectivity index is 3.25. The van der Waals surface area contributed by atoms with E-state index in [1.54, 1.807) is 25.1 Å². The Bertz CT molecular complexity index is 433. The van der Waals surface area contributed by atoms with Gasteiger partial charge in [-0.2, -0.15) is 0 Å². The van der Waals surface area contributed by atoms with Crippen molar-refractivity contribution in [1.82, 2.24) is 0 Å². The molecule has 0 aliphatic rings. The smallest absolute Gasteiger partial charge is 0.350 e. The monoisotopic (exact) mass is 253 g/mol. The summed E-state index contributed by atoms with van der Waals surface area (Å²) in [4.78, 5) is 22.0. The van der Waals surface area contributed by atoms with Crippen LogP contribution in [0, 0.1) is 10.1 Å². The molecule has 2 unspecified atom stereocenters. The van der Waals surface area contributed by atoms with Crippen molar-refractivity contribution >= 4 is 5.97 Å². The molecule has 6 heteroatoms. The second-order valence-electron chi connectivity index (χ2n) is 3.81. The molecule has 0 heterocycles. The lowest BCUT2D eigenvalue weighted by molar-refractivity contribution is -0.539. The number of aliphatic hydroxyl groups is 1. The number of rotatable bonds is 5. The van der Waals surface area contributed by atoms with Crippen LogP contribution >= 0.6 is 0 Å². The van der Waals surface area contributed by atoms with Crippen molar-refractivity contribution in [3.8, 4) is 0 Å². The van der Waals surface area contributed by atoms with E-state index in [-0.39, 0.29) is 12.2 Å². The highest BCUT2D eigenvalue weighted by Crippen LogP contribution is 2.28. The Labute approximate surface area is 104 Å². The topological polar surface area (TPSA) is 89.7 Å². The van der Waals surface area contributed by atoms with Crippen LogP contribution in [0.25, 0.3) is 0 Å². The van der Waals surface area contributed by atoms with Gasteiger partial charge in [-0.1, -0.05) is 30.3 Å². The minimum atomic E-state index is -2.28. The summed E-state index contributed by atoms with van der Waals surface area (Å²) < 4.78 is 4.74. The summed E-state index contributed by atoms with van der Waals surface area (Å²) in [7, 11) is 0. The number of benzene rings is 1. The van der Waals surface area contributed by atoms with Gasteiger partial charge >= 0.3 is 5.97 Å². The zero-order chi connectivity index (χ0) is 13.8. The molecule has 0 bridgehead atoms. The first-order valence-corrected chi connectivity index (χ1v) is 5.53. The standard InChI is InChI=1S/C12H15NO5/c1-3-18-11(14)12(15,9(2)13(16)17)10-7-5-4-6-8-10/h4-9,15H,3H2,1-2H3. The molecule has 0 aromatic heterocycles. The van der Waals surface area contributed by atoms with Gasteiger partial charge in [0.15, 0.2) is 0 Å². The van der Waals surface area contributed by atoms with Crippen molar-refractivity contribution < 1.29 is 19.6 Å². The predicted molar refractivity (Wildman–Crippen MR) is 63.4 cm³/mol. The van der Waals surface area contributed by atoms with Crippen LogP contribution in [-0.4, -0.2) is 28.6 Å². The van der Waals surface area contributed by atoms with Crippen molar-refractivity contribution in [3.05, 3.63) is 46.0 Å². The van der Waals surface area contributed by atoms with Gasteiger partial charge in [0, 0.05) is 17.4 Å². The Kier molecular flexibility index (Phi) is 4.38. The lowest BCUT2D eigenvalue weighted by Crippen LogP contribution is -2.49. The van der Waals surface area contributed by atoms with E-state index in [2.05, 4.69) is 0 Å². The number of carbonyl (C=O) groups excluding carboxylic acids is 1. The van der Waals surface area contributed by atoms with Crippen LogP contribution in [0.15, 0.2) is 30.3 Å². The first-order chi connectivity index (χ1) is 8.44. The van der Waals surface area contributed by atoms with Crippen LogP contribution in [0.3, 0.4) is 0 Å². The minimum Gasteiger partial charge on any atom is -0.463 e. The number of nitrogens with zero attached hydrogens (tertiary/aromatic N) is 1. The maximum absolute atomic E-state index is 11.8. The van der Waals surface area contributed by atoms with Gasteiger partial charge in [0.1, 0.15) is 0 Å². The second-order valence-corrected chi connectivity index (χ2v) is 3.81. The third-order valence-corrected chi connectivity index (χ3v) is 2.72. The summed E-state index contributed by atoms with van der Waals surface area (Å²) in [5.74, 6) is -1.01. The lowest BCUT2D eigenvalue weighted by Gasteiger charge is -2.26. The molecule has 1 rings (SSSR count). The molecule has 0 aliphatic heterocycles. The number of hydrogen-bond acceptors (Lipinski definition) is 5. The summed E-state index contributed by atoms with van der Waals surface area (Å²) in [5, 5.41) is 21.3. The summed E-state index contributed by atoms with van der Waals surface area (Å²) in [6.07, 6.45) is 0. The fourth-order valence-corrected chi connectivity index (χ4v) is 1.62. The molecule has 0 saturated heterocycles. The van der Waals surface area contributed by atoms with Gasteiger partial charge in [-0.3, -0.25) is 10.1 Å². The van der Waals surface area contributed by atoms with Crippen molar-refractivity contribution in [1.29, 1.82) is 0 Å². The quantitative estimate of drug-likeness (QED) is 0.482. The molecule has 2 atom stereocenters. The van der Waals surface area contributed by atoms with E-state index in [1.807, 2.05) is 0 Å². The number of carbonyl (C=O) groups is 1. The van der Waals surface area contributed by atoms with Gasteiger partial charge in [-0.05, 0) is 6.92 Å². The molecule has 0 amide bonds. The van der Waals surface area contributed by atoms with Crippen LogP contribution in [0.2, 0.25) is 0 Å². The molecule has 0 saturated carbocycles. The third-order valence-electron chi connectivity index (χ3n) is 2.72. The normalized spacial score (nSPS) is 15.5. The van der Waals surface area contributed by atoms with Gasteiger partial charge in [0.2, 0.25) is 0 Å². The zero-order valence-electron chi connectivity index (χ0n) is 10.2. The molecule has 0 aliphatic carbocycles. The Morgan fingerprint density at radius 1 is 1.50 bits per heavy atom. The maximum atomic E-state index is 11.8. The van der Waals surface area contributed by atoms with Crippen LogP contribution < -0.4 is 0 Å². The summed E-state index contributed by atoms with van der Waals surface area (Å²) >= 11 is 0. The average Bonchev–Trinajstić information content (AvgIpc) is 2.38. The summed E-state index contributed by atoms with van der Waals surface area (Å²) in [5.41, 5.74) is -2.13. The van der Waals surface area contributed by atoms with Crippen molar-refractivity contribution in [2.24, 2.45) is 0 Å². The number of esters is 1. The van der Waals surface area contributed by atoms with E-state index in [0.717, 1.165) is 0 Å². The fraction of sp³-hybridized carbons (Fsp3) is 0.417. The van der Waals surface area contributed by atoms with E-state index in [0.29, 0.717) is 0 Å². The SMILES string of the molecule is CCOC(=O)C(O)(c1ccccc1)C(C)[N+](=O)[O-]. The Morgan fingerprint density at radius 2 is 2.06 bits per heavy atom. The van der Waals surface area contributed by atoms with E-state index in [9.17, 15) is 20.0 Å². The van der Waals surface area contributed by atoms with E-state index >= 15 is 0 Å². The predicted octanol–water partition coefficient (Wildman–Crippen LogP) is 1.10. The van der Waals surface area contributed by atoms with Gasteiger partial charge in [0.05, 0.1) is 6.61 Å². The van der Waals surface area contributed by atoms with Crippen LogP contribution in [0.5, 0.6) is 0 Å². The average molecular weight is 253 g/mol. The summed E-state index contributed by atoms with van der Waals surface area (Å²) in [6.45, 7) is 2.78. The molecular formula is C12H15NO5. The number of hydrogen-bond donors (Lipinski definition) is 1. The summed E-state index contributed by atoms with van der Waals surface area (Å²) in [6, 6.07) is 6.27. The highest BCUT2D eigenvalue weighted by molar-refractivity contribution is 5.81. The molecule has 0 fully saturated rings. The largest absolute Gasteiger partial charge is 0.463 e. The molecule has 6 nitrogen and oxygen atoms in total. The van der Waals surface area contributed by atoms with Crippen molar-refractivity contribution in [3.63, 3.8) is 0 Å². The van der Waals surface area contributed by atoms with E-state index < -0.39 is 22.5 Å². The van der Waals surface area contributed by atoms with Crippen LogP contribution in [0.1, 0.15) is 19.4 Å². The highest BCUT2D eigenvalue weighted by Gasteiger charge is 2.51. The Morgan fingerprint density at radius 3 is 2.50 bits per heavy atom. The van der Waals surface area contributed by atoms with Crippen LogP contribution in [-0.2, 0) is 15.1 Å². The Hall–Kier alpha value is -1.95.